The number of carbonyl (C=O) groups excluding carboxylic acids is 4. The van der Waals surface area contributed by atoms with E-state index in [1.807, 2.05) is 30.3 Å². The normalized spacial score (nSPS) is 32.3. The molecule has 6 rings (SSSR count). The Labute approximate surface area is 261 Å². The maximum Gasteiger partial charge on any atom is 0.313 e. The van der Waals surface area contributed by atoms with Gasteiger partial charge < -0.3 is 34.4 Å². The molecule has 0 saturated carbocycles. The van der Waals surface area contributed by atoms with E-state index < -0.39 is 59.5 Å². The average molecular weight is 616 g/mol. The van der Waals surface area contributed by atoms with Crippen molar-refractivity contribution in [2.75, 3.05) is 31.7 Å². The van der Waals surface area contributed by atoms with Gasteiger partial charge in [-0.25, -0.2) is 0 Å². The lowest BCUT2D eigenvalue weighted by atomic mass is 9.77. The van der Waals surface area contributed by atoms with Crippen LogP contribution < -0.4 is 15.0 Å². The number of anilines is 1. The van der Waals surface area contributed by atoms with Crippen LogP contribution in [-0.2, 0) is 28.7 Å². The first-order chi connectivity index (χ1) is 21.8. The van der Waals surface area contributed by atoms with Gasteiger partial charge in [0.1, 0.15) is 29.4 Å². The summed E-state index contributed by atoms with van der Waals surface area (Å²) in [6.45, 7) is 1.49. The summed E-state index contributed by atoms with van der Waals surface area (Å²) >= 11 is 0. The highest BCUT2D eigenvalue weighted by atomic mass is 16.6. The smallest absolute Gasteiger partial charge is 0.313 e. The molecule has 2 N–H and O–H groups in total. The Morgan fingerprint density at radius 3 is 2.49 bits per heavy atom. The van der Waals surface area contributed by atoms with E-state index >= 15 is 0 Å². The number of esters is 1. The van der Waals surface area contributed by atoms with E-state index in [0.29, 0.717) is 23.4 Å². The molecule has 3 amide bonds. The summed E-state index contributed by atoms with van der Waals surface area (Å²) in [4.78, 5) is 58.5. The molecule has 0 unspecified atom stereocenters. The third-order valence-corrected chi connectivity index (χ3v) is 9.07. The molecule has 45 heavy (non-hydrogen) atoms. The number of nitrogens with zero attached hydrogens (tertiary/aromatic N) is 2. The fraction of sp³-hybridized carbons (Fsp3) is 0.412. The van der Waals surface area contributed by atoms with Crippen molar-refractivity contribution in [3.63, 3.8) is 0 Å². The molecule has 4 heterocycles. The molecule has 236 valence electrons. The number of rotatable bonds is 5. The highest BCUT2D eigenvalue weighted by Crippen LogP contribution is 2.53. The zero-order chi connectivity index (χ0) is 31.7. The molecule has 11 heteroatoms. The van der Waals surface area contributed by atoms with Crippen LogP contribution in [0.3, 0.4) is 0 Å². The fourth-order valence-electron chi connectivity index (χ4n) is 7.05. The maximum atomic E-state index is 14.4. The van der Waals surface area contributed by atoms with Gasteiger partial charge in [-0.15, -0.1) is 0 Å². The minimum Gasteiger partial charge on any atom is -0.497 e. The zero-order valence-electron chi connectivity index (χ0n) is 25.2. The summed E-state index contributed by atoms with van der Waals surface area (Å²) in [5, 5.41) is 12.9. The Balaban J connectivity index is 1.42. The number of hydrogen-bond acceptors (Lipinski definition) is 8. The number of aliphatic hydroxyl groups is 1. The molecule has 1 spiro atoms. The molecule has 11 nitrogen and oxygen atoms in total. The molecule has 7 atom stereocenters. The summed E-state index contributed by atoms with van der Waals surface area (Å²) in [7, 11) is 1.56. The van der Waals surface area contributed by atoms with Crippen LogP contribution in [0.2, 0.25) is 0 Å². The van der Waals surface area contributed by atoms with Crippen LogP contribution in [-0.4, -0.2) is 84.3 Å². The lowest BCUT2D eigenvalue weighted by molar-refractivity contribution is -0.161. The molecule has 2 aromatic rings. The average Bonchev–Trinajstić information content (AvgIpc) is 3.42. The Bertz CT molecular complexity index is 1510. The van der Waals surface area contributed by atoms with Crippen molar-refractivity contribution in [2.24, 2.45) is 11.8 Å². The number of fused-ring (bicyclic) bond motifs is 2. The van der Waals surface area contributed by atoms with Gasteiger partial charge in [-0.05, 0) is 43.2 Å². The van der Waals surface area contributed by atoms with Gasteiger partial charge in [0, 0.05) is 25.2 Å². The van der Waals surface area contributed by atoms with Crippen molar-refractivity contribution in [2.45, 2.75) is 49.7 Å². The molecule has 2 fully saturated rings. The molecule has 2 saturated heterocycles. The summed E-state index contributed by atoms with van der Waals surface area (Å²) in [5.74, 6) is -3.26. The van der Waals surface area contributed by atoms with E-state index in [4.69, 9.17) is 14.2 Å². The lowest BCUT2D eigenvalue weighted by Gasteiger charge is -2.35. The number of methoxy groups -OCH3 is 1. The highest BCUT2D eigenvalue weighted by molar-refractivity contribution is 6.05. The minimum atomic E-state index is -1.49. The lowest BCUT2D eigenvalue weighted by Crippen LogP contribution is -2.55. The molecule has 0 aliphatic carbocycles. The second kappa shape index (κ2) is 12.5. The number of carbonyl (C=O) groups is 4. The number of cyclic esters (lactones) is 1. The van der Waals surface area contributed by atoms with Crippen molar-refractivity contribution >= 4 is 29.4 Å². The van der Waals surface area contributed by atoms with Crippen molar-refractivity contribution in [1.29, 1.82) is 0 Å². The first-order valence-corrected chi connectivity index (χ1v) is 15.2. The van der Waals surface area contributed by atoms with Crippen molar-refractivity contribution in [3.05, 3.63) is 84.5 Å². The molecule has 4 aliphatic rings. The maximum absolute atomic E-state index is 14.4. The third-order valence-electron chi connectivity index (χ3n) is 9.07. The topological polar surface area (TPSA) is 135 Å². The summed E-state index contributed by atoms with van der Waals surface area (Å²) in [6.07, 6.45) is 5.84. The van der Waals surface area contributed by atoms with Gasteiger partial charge >= 0.3 is 5.97 Å². The largest absolute Gasteiger partial charge is 0.497 e. The van der Waals surface area contributed by atoms with Crippen LogP contribution in [0.25, 0.3) is 0 Å². The third kappa shape index (κ3) is 5.40. The van der Waals surface area contributed by atoms with Gasteiger partial charge in [-0.1, -0.05) is 54.6 Å². The number of ether oxygens (including phenoxy) is 3. The van der Waals surface area contributed by atoms with Gasteiger partial charge in [-0.3, -0.25) is 19.2 Å². The Hall–Kier alpha value is -4.48. The van der Waals surface area contributed by atoms with E-state index in [0.717, 1.165) is 0 Å². The molecule has 4 aliphatic heterocycles. The fourth-order valence-corrected chi connectivity index (χ4v) is 7.05. The van der Waals surface area contributed by atoms with Crippen LogP contribution in [0.15, 0.2) is 78.9 Å². The van der Waals surface area contributed by atoms with Crippen molar-refractivity contribution < 1.29 is 38.5 Å². The second-order valence-electron chi connectivity index (χ2n) is 11.7. The molecular formula is C34H37N3O8. The van der Waals surface area contributed by atoms with E-state index in [2.05, 4.69) is 5.32 Å². The minimum absolute atomic E-state index is 0.112. The van der Waals surface area contributed by atoms with Crippen LogP contribution >= 0.6 is 0 Å². The van der Waals surface area contributed by atoms with Crippen molar-refractivity contribution in [1.82, 2.24) is 10.2 Å². The van der Waals surface area contributed by atoms with E-state index in [9.17, 15) is 24.3 Å². The first kappa shape index (κ1) is 30.5. The Morgan fingerprint density at radius 1 is 1.02 bits per heavy atom. The van der Waals surface area contributed by atoms with Gasteiger partial charge in [0.15, 0.2) is 0 Å². The molecule has 0 radical (unpaired) electrons. The quantitative estimate of drug-likeness (QED) is 0.387. The van der Waals surface area contributed by atoms with Gasteiger partial charge in [0.05, 0.1) is 31.8 Å². The number of aliphatic hydroxyl groups excluding tert-OH is 1. The number of benzene rings is 2. The standard InChI is InChI=1S/C34H37N3O8/c1-21-29(22-9-4-3-5-10-22)44-33(42)27-25(11-6-7-12-26(39)35-21)45-34-17-8-18-36(23-13-15-24(43-2)16-14-23)32(41)30(34)37(19-20-38)31(40)28(27)34/h3-6,8-11,13-17,21,25,27-30,38H,7,12,18-20H2,1-2H3,(H,35,39)/b11-6-/t21-,25-,27+,28+,29+,30-,34+/m1/s1. The van der Waals surface area contributed by atoms with E-state index in [1.165, 1.54) is 4.90 Å². The van der Waals surface area contributed by atoms with E-state index in [1.54, 1.807) is 67.5 Å². The number of nitrogens with one attached hydrogen (secondary N) is 1. The summed E-state index contributed by atoms with van der Waals surface area (Å²) < 4.78 is 18.1. The summed E-state index contributed by atoms with van der Waals surface area (Å²) in [5.41, 5.74) is -0.206. The molecule has 0 bridgehead atoms. The number of β-amino-alcohol motifs (C(OH)–C–C–N with tert-alkyl or cyclic N) is 1. The number of allylic oxidation sites excluding steroid dienone is 1. The first-order valence-electron chi connectivity index (χ1n) is 15.2. The molecule has 2 aromatic carbocycles. The van der Waals surface area contributed by atoms with Crippen LogP contribution in [0.1, 0.15) is 31.4 Å². The van der Waals surface area contributed by atoms with Crippen LogP contribution in [0, 0.1) is 11.8 Å². The molecular weight excluding hydrogens is 578 g/mol. The van der Waals surface area contributed by atoms with Crippen molar-refractivity contribution in [3.8, 4) is 5.75 Å². The molecule has 0 aromatic heterocycles. The SMILES string of the molecule is COc1ccc(N2CC=C[C@]34O[C@@H]5/C=C\CCC(=O)N[C@H](C)[C@@H](c6ccccc6)OC(=O)[C@@H]5[C@H]3C(=O)N(CCO)[C@@H]4C2=O)cc1. The van der Waals surface area contributed by atoms with Gasteiger partial charge in [-0.2, -0.15) is 0 Å². The Morgan fingerprint density at radius 2 is 1.78 bits per heavy atom. The number of hydrogen-bond donors (Lipinski definition) is 2. The number of likely N-dealkylation sites (tertiary alicyclic amines) is 1. The highest BCUT2D eigenvalue weighted by Gasteiger charge is 2.71. The monoisotopic (exact) mass is 615 g/mol. The second-order valence-corrected chi connectivity index (χ2v) is 11.7. The van der Waals surface area contributed by atoms with Crippen LogP contribution in [0.4, 0.5) is 5.69 Å². The summed E-state index contributed by atoms with van der Waals surface area (Å²) in [6, 6.07) is 14.4. The zero-order valence-corrected chi connectivity index (χ0v) is 25.2. The Kier molecular flexibility index (Phi) is 8.48. The van der Waals surface area contributed by atoms with E-state index in [-0.39, 0.29) is 32.0 Å². The van der Waals surface area contributed by atoms with Gasteiger partial charge in [0.2, 0.25) is 11.8 Å². The number of amides is 3. The van der Waals surface area contributed by atoms with Crippen LogP contribution in [0.5, 0.6) is 5.75 Å². The predicted octanol–water partition coefficient (Wildman–Crippen LogP) is 2.31. The van der Waals surface area contributed by atoms with Gasteiger partial charge in [0.25, 0.3) is 5.91 Å². The predicted molar refractivity (Wildman–Crippen MR) is 163 cm³/mol.